The molecule has 0 saturated heterocycles. The van der Waals surface area contributed by atoms with Gasteiger partial charge in [0.2, 0.25) is 0 Å². The van der Waals surface area contributed by atoms with Crippen molar-refractivity contribution in [3.05, 3.63) is 80.5 Å². The first-order chi connectivity index (χ1) is 13.7. The topological polar surface area (TPSA) is 49.8 Å². The molecule has 1 aliphatic rings. The number of nitrogens with zero attached hydrogens (tertiary/aromatic N) is 1. The van der Waals surface area contributed by atoms with Gasteiger partial charge in [0.05, 0.1) is 16.9 Å². The third-order valence-electron chi connectivity index (χ3n) is 4.94. The number of hydrogen-bond acceptors (Lipinski definition) is 4. The number of amides is 1. The van der Waals surface area contributed by atoms with E-state index in [-0.39, 0.29) is 25.7 Å². The molecule has 0 bridgehead atoms. The first-order valence-electron chi connectivity index (χ1n) is 9.12. The fourth-order valence-corrected chi connectivity index (χ4v) is 5.16. The molecule has 3 aromatic rings. The number of halogens is 1. The monoisotopic (exact) mass is 457 g/mol. The first-order valence-corrected chi connectivity index (χ1v) is 10.7. The summed E-state index contributed by atoms with van der Waals surface area (Å²) in [6.07, 6.45) is -0.402. The van der Waals surface area contributed by atoms with Crippen molar-refractivity contribution in [2.45, 2.75) is 12.5 Å². The molecule has 1 amide bonds. The second kappa shape index (κ2) is 8.47. The number of thiophene rings is 1. The highest BCUT2D eigenvalue weighted by atomic mass is 79.9. The fourth-order valence-electron chi connectivity index (χ4n) is 3.67. The molecule has 0 radical (unpaired) electrons. The molecule has 1 heterocycles. The van der Waals surface area contributed by atoms with Crippen molar-refractivity contribution in [2.75, 3.05) is 19.8 Å². The Morgan fingerprint density at radius 2 is 1.68 bits per heavy atom. The van der Waals surface area contributed by atoms with Gasteiger partial charge in [-0.25, -0.2) is 4.79 Å². The maximum atomic E-state index is 12.7. The van der Waals surface area contributed by atoms with Crippen LogP contribution in [0.1, 0.15) is 21.9 Å². The van der Waals surface area contributed by atoms with Gasteiger partial charge in [-0.3, -0.25) is 0 Å². The van der Waals surface area contributed by atoms with E-state index in [2.05, 4.69) is 40.2 Å². The molecule has 0 fully saturated rings. The minimum absolute atomic E-state index is 0.0307. The van der Waals surface area contributed by atoms with Gasteiger partial charge in [-0.2, -0.15) is 0 Å². The van der Waals surface area contributed by atoms with Gasteiger partial charge in [0.25, 0.3) is 0 Å². The van der Waals surface area contributed by atoms with Crippen molar-refractivity contribution in [2.24, 2.45) is 0 Å². The highest BCUT2D eigenvalue weighted by Crippen LogP contribution is 2.44. The van der Waals surface area contributed by atoms with E-state index in [0.717, 1.165) is 8.66 Å². The molecule has 0 atom stereocenters. The standard InChI is InChI=1S/C22H20BrNO3S/c23-21-10-9-15(28-21)13-24(11-12-25)22(26)27-14-20-18-7-3-1-5-16(18)17-6-2-4-8-19(17)20/h1-10,20,25H,11-14H2. The van der Waals surface area contributed by atoms with Crippen LogP contribution < -0.4 is 0 Å². The molecule has 0 aliphatic heterocycles. The van der Waals surface area contributed by atoms with Crippen LogP contribution in [0.5, 0.6) is 0 Å². The SMILES string of the molecule is O=C(OCC1c2ccccc2-c2ccccc21)N(CCO)Cc1ccc(Br)s1. The second-order valence-electron chi connectivity index (χ2n) is 6.65. The van der Waals surface area contributed by atoms with E-state index < -0.39 is 6.09 Å². The summed E-state index contributed by atoms with van der Waals surface area (Å²) in [4.78, 5) is 15.3. The fraction of sp³-hybridized carbons (Fsp3) is 0.227. The Morgan fingerprint density at radius 3 is 2.25 bits per heavy atom. The van der Waals surface area contributed by atoms with E-state index in [1.807, 2.05) is 36.4 Å². The number of rotatable bonds is 6. The van der Waals surface area contributed by atoms with Crippen molar-refractivity contribution < 1.29 is 14.6 Å². The molecule has 4 nitrogen and oxygen atoms in total. The van der Waals surface area contributed by atoms with Crippen LogP contribution in [0.2, 0.25) is 0 Å². The van der Waals surface area contributed by atoms with Gasteiger partial charge in [0.1, 0.15) is 6.61 Å². The van der Waals surface area contributed by atoms with E-state index in [1.165, 1.54) is 22.3 Å². The van der Waals surface area contributed by atoms with E-state index in [1.54, 1.807) is 16.2 Å². The summed E-state index contributed by atoms with van der Waals surface area (Å²) < 4.78 is 6.72. The van der Waals surface area contributed by atoms with Gasteiger partial charge in [-0.05, 0) is 50.3 Å². The molecular weight excluding hydrogens is 438 g/mol. The molecule has 1 N–H and O–H groups in total. The normalized spacial score (nSPS) is 12.5. The summed E-state index contributed by atoms with van der Waals surface area (Å²) in [5.41, 5.74) is 4.78. The number of ether oxygens (including phenoxy) is 1. The molecule has 1 aromatic heterocycles. The molecule has 6 heteroatoms. The molecule has 28 heavy (non-hydrogen) atoms. The predicted molar refractivity (Wildman–Crippen MR) is 115 cm³/mol. The molecule has 0 saturated carbocycles. The lowest BCUT2D eigenvalue weighted by Crippen LogP contribution is -2.34. The number of carbonyl (C=O) groups excluding carboxylic acids is 1. The number of benzene rings is 2. The second-order valence-corrected chi connectivity index (χ2v) is 9.20. The Balaban J connectivity index is 1.49. The molecule has 0 spiro atoms. The Morgan fingerprint density at radius 1 is 1.04 bits per heavy atom. The van der Waals surface area contributed by atoms with Gasteiger partial charge >= 0.3 is 6.09 Å². The van der Waals surface area contributed by atoms with Gasteiger partial charge in [0, 0.05) is 17.3 Å². The first kappa shape index (κ1) is 19.2. The van der Waals surface area contributed by atoms with Crippen molar-refractivity contribution in [1.82, 2.24) is 4.90 Å². The highest BCUT2D eigenvalue weighted by Gasteiger charge is 2.29. The van der Waals surface area contributed by atoms with Crippen LogP contribution in [-0.2, 0) is 11.3 Å². The third kappa shape index (κ3) is 3.85. The van der Waals surface area contributed by atoms with Crippen LogP contribution in [0.25, 0.3) is 11.1 Å². The van der Waals surface area contributed by atoms with Crippen LogP contribution >= 0.6 is 27.3 Å². The number of aliphatic hydroxyl groups excluding tert-OH is 1. The zero-order chi connectivity index (χ0) is 19.5. The highest BCUT2D eigenvalue weighted by molar-refractivity contribution is 9.11. The predicted octanol–water partition coefficient (Wildman–Crippen LogP) is 5.25. The molecule has 0 unspecified atom stereocenters. The van der Waals surface area contributed by atoms with Crippen molar-refractivity contribution in [1.29, 1.82) is 0 Å². The van der Waals surface area contributed by atoms with Gasteiger partial charge in [-0.15, -0.1) is 11.3 Å². The third-order valence-corrected chi connectivity index (χ3v) is 6.55. The van der Waals surface area contributed by atoms with Gasteiger partial charge < -0.3 is 14.7 Å². The number of hydrogen-bond donors (Lipinski definition) is 1. The summed E-state index contributed by atoms with van der Waals surface area (Å²) in [5.74, 6) is 0.0307. The van der Waals surface area contributed by atoms with E-state index in [9.17, 15) is 9.90 Å². The maximum Gasteiger partial charge on any atom is 0.410 e. The number of fused-ring (bicyclic) bond motifs is 3. The minimum Gasteiger partial charge on any atom is -0.448 e. The van der Waals surface area contributed by atoms with Crippen molar-refractivity contribution >= 4 is 33.4 Å². The molecule has 2 aromatic carbocycles. The smallest absolute Gasteiger partial charge is 0.410 e. The van der Waals surface area contributed by atoms with E-state index in [4.69, 9.17) is 4.74 Å². The van der Waals surface area contributed by atoms with E-state index >= 15 is 0 Å². The summed E-state index contributed by atoms with van der Waals surface area (Å²) in [7, 11) is 0. The Kier molecular flexibility index (Phi) is 5.80. The van der Waals surface area contributed by atoms with Crippen molar-refractivity contribution in [3.8, 4) is 11.1 Å². The molecule has 4 rings (SSSR count). The van der Waals surface area contributed by atoms with Crippen LogP contribution in [0.4, 0.5) is 4.79 Å². The average Bonchev–Trinajstić information content (AvgIpc) is 3.27. The van der Waals surface area contributed by atoms with Gasteiger partial charge in [0.15, 0.2) is 0 Å². The number of aliphatic hydroxyl groups is 1. The van der Waals surface area contributed by atoms with Crippen molar-refractivity contribution in [3.63, 3.8) is 0 Å². The maximum absolute atomic E-state index is 12.7. The van der Waals surface area contributed by atoms with E-state index in [0.29, 0.717) is 6.54 Å². The zero-order valence-electron chi connectivity index (χ0n) is 15.2. The largest absolute Gasteiger partial charge is 0.448 e. The average molecular weight is 458 g/mol. The summed E-state index contributed by atoms with van der Waals surface area (Å²) in [6.45, 7) is 0.847. The summed E-state index contributed by atoms with van der Waals surface area (Å²) >= 11 is 5.01. The number of carbonyl (C=O) groups is 1. The summed E-state index contributed by atoms with van der Waals surface area (Å²) in [6, 6.07) is 20.5. The van der Waals surface area contributed by atoms with Gasteiger partial charge in [-0.1, -0.05) is 48.5 Å². The molecular formula is C22H20BrNO3S. The van der Waals surface area contributed by atoms with Crippen LogP contribution in [0.15, 0.2) is 64.5 Å². The van der Waals surface area contributed by atoms with Crippen LogP contribution in [0, 0.1) is 0 Å². The zero-order valence-corrected chi connectivity index (χ0v) is 17.6. The Bertz CT molecular complexity index is 942. The quantitative estimate of drug-likeness (QED) is 0.549. The van der Waals surface area contributed by atoms with Crippen LogP contribution in [0.3, 0.4) is 0 Å². The lowest BCUT2D eigenvalue weighted by atomic mass is 9.98. The van der Waals surface area contributed by atoms with Crippen LogP contribution in [-0.4, -0.2) is 35.9 Å². The Hall–Kier alpha value is -2.15. The minimum atomic E-state index is -0.402. The lowest BCUT2D eigenvalue weighted by molar-refractivity contribution is 0.0895. The summed E-state index contributed by atoms with van der Waals surface area (Å²) in [5, 5.41) is 9.35. The molecule has 1 aliphatic carbocycles. The Labute approximate surface area is 176 Å². The molecule has 144 valence electrons. The lowest BCUT2D eigenvalue weighted by Gasteiger charge is -2.22.